The van der Waals surface area contributed by atoms with Crippen LogP contribution in [0.4, 0.5) is 0 Å². The molecule has 0 amide bonds. The minimum atomic E-state index is 0. The predicted molar refractivity (Wildman–Crippen MR) is 116 cm³/mol. The standard InChI is InChI=1S/C24H22.2ClH.Zr/c1-3-4-17-24(2,18-11-5-6-12-18)23-21-15-9-7-13-19(21)20-14-8-10-16-22(20)23;;;/h1,5-11,13-16,23H,4,12,17H2,2H3;2*1H;. The van der Waals surface area contributed by atoms with Gasteiger partial charge in [-0.15, -0.1) is 37.2 Å². The van der Waals surface area contributed by atoms with Crippen LogP contribution < -0.4 is 0 Å². The first kappa shape index (κ1) is 24.0. The van der Waals surface area contributed by atoms with E-state index in [0.717, 1.165) is 19.3 Å². The van der Waals surface area contributed by atoms with Gasteiger partial charge in [-0.1, -0.05) is 79.3 Å². The van der Waals surface area contributed by atoms with Gasteiger partial charge in [-0.3, -0.25) is 0 Å². The summed E-state index contributed by atoms with van der Waals surface area (Å²) in [5.41, 5.74) is 7.23. The quantitative estimate of drug-likeness (QED) is 0.421. The summed E-state index contributed by atoms with van der Waals surface area (Å²) >= 11 is 0. The zero-order valence-corrected chi connectivity index (χ0v) is 19.5. The van der Waals surface area contributed by atoms with E-state index in [9.17, 15) is 0 Å². The fourth-order valence-corrected chi connectivity index (χ4v) is 4.53. The van der Waals surface area contributed by atoms with E-state index in [4.69, 9.17) is 6.42 Å². The van der Waals surface area contributed by atoms with E-state index in [1.54, 1.807) is 0 Å². The van der Waals surface area contributed by atoms with Crippen molar-refractivity contribution in [2.45, 2.75) is 32.1 Å². The molecule has 2 aromatic carbocycles. The molecule has 2 aliphatic carbocycles. The molecule has 138 valence electrons. The first-order valence-electron chi connectivity index (χ1n) is 8.73. The van der Waals surface area contributed by atoms with E-state index < -0.39 is 0 Å². The third-order valence-corrected chi connectivity index (χ3v) is 5.76. The molecular weight excluding hydrogens is 450 g/mol. The number of hydrogen-bond acceptors (Lipinski definition) is 0. The molecule has 0 saturated carbocycles. The maximum absolute atomic E-state index is 5.64. The van der Waals surface area contributed by atoms with Crippen LogP contribution in [0.1, 0.15) is 43.2 Å². The van der Waals surface area contributed by atoms with E-state index in [2.05, 4.69) is 79.6 Å². The molecule has 0 aromatic heterocycles. The molecule has 0 radical (unpaired) electrons. The Morgan fingerprint density at radius 1 is 1.00 bits per heavy atom. The van der Waals surface area contributed by atoms with Gasteiger partial charge < -0.3 is 0 Å². The number of terminal acetylenes is 1. The Labute approximate surface area is 194 Å². The van der Waals surface area contributed by atoms with Crippen molar-refractivity contribution in [1.82, 2.24) is 0 Å². The minimum Gasteiger partial charge on any atom is -0.147 e. The fourth-order valence-electron chi connectivity index (χ4n) is 4.53. The molecule has 0 fully saturated rings. The van der Waals surface area contributed by atoms with E-state index in [1.807, 2.05) is 0 Å². The fraction of sp³-hybridized carbons (Fsp3) is 0.250. The van der Waals surface area contributed by atoms with Gasteiger partial charge in [-0.25, -0.2) is 0 Å². The van der Waals surface area contributed by atoms with Gasteiger partial charge in [-0.05, 0) is 35.1 Å². The summed E-state index contributed by atoms with van der Waals surface area (Å²) in [5.74, 6) is 3.25. The van der Waals surface area contributed by atoms with Gasteiger partial charge >= 0.3 is 0 Å². The summed E-state index contributed by atoms with van der Waals surface area (Å²) in [4.78, 5) is 0. The minimum absolute atomic E-state index is 0. The largest absolute Gasteiger partial charge is 0.147 e. The van der Waals surface area contributed by atoms with Gasteiger partial charge in [0.05, 0.1) is 0 Å². The normalized spacial score (nSPS) is 15.8. The van der Waals surface area contributed by atoms with Crippen molar-refractivity contribution < 1.29 is 26.2 Å². The first-order chi connectivity index (χ1) is 11.8. The van der Waals surface area contributed by atoms with E-state index in [-0.39, 0.29) is 56.4 Å². The van der Waals surface area contributed by atoms with Crippen LogP contribution in [0.3, 0.4) is 0 Å². The van der Waals surface area contributed by atoms with Crippen molar-refractivity contribution in [3.63, 3.8) is 0 Å². The second-order valence-corrected chi connectivity index (χ2v) is 7.05. The summed E-state index contributed by atoms with van der Waals surface area (Å²) in [6.07, 6.45) is 15.3. The molecule has 0 aliphatic heterocycles. The van der Waals surface area contributed by atoms with Gasteiger partial charge in [-0.2, -0.15) is 0 Å². The molecule has 0 spiro atoms. The van der Waals surface area contributed by atoms with Crippen LogP contribution >= 0.6 is 24.8 Å². The van der Waals surface area contributed by atoms with Crippen LogP contribution in [-0.2, 0) is 26.2 Å². The number of allylic oxidation sites excluding steroid dienone is 4. The van der Waals surface area contributed by atoms with Crippen LogP contribution in [0.5, 0.6) is 0 Å². The molecule has 2 aromatic rings. The van der Waals surface area contributed by atoms with E-state index in [0.29, 0.717) is 5.92 Å². The topological polar surface area (TPSA) is 0 Å². The van der Waals surface area contributed by atoms with Crippen LogP contribution in [0.15, 0.2) is 72.3 Å². The third-order valence-electron chi connectivity index (χ3n) is 5.76. The average molecular weight is 475 g/mol. The second kappa shape index (κ2) is 9.93. The van der Waals surface area contributed by atoms with Crippen molar-refractivity contribution >= 4 is 24.8 Å². The molecule has 0 N–H and O–H groups in total. The van der Waals surface area contributed by atoms with Crippen molar-refractivity contribution in [3.05, 3.63) is 83.5 Å². The number of fused-ring (bicyclic) bond motifs is 3. The summed E-state index contributed by atoms with van der Waals surface area (Å²) in [6.45, 7) is 2.41. The van der Waals surface area contributed by atoms with Crippen LogP contribution in [0.25, 0.3) is 11.1 Å². The Morgan fingerprint density at radius 2 is 1.56 bits per heavy atom. The molecule has 27 heavy (non-hydrogen) atoms. The maximum Gasteiger partial charge on any atom is 0.0193 e. The number of benzene rings is 2. The van der Waals surface area contributed by atoms with E-state index in [1.165, 1.54) is 27.8 Å². The van der Waals surface area contributed by atoms with Gasteiger partial charge in [0, 0.05) is 44.0 Å². The number of hydrogen-bond donors (Lipinski definition) is 0. The SMILES string of the molecule is C#CCCC(C)(C1=CC=CC1)C1c2ccccc2-c2ccccc21.Cl.Cl.[Zr]. The van der Waals surface area contributed by atoms with Crippen LogP contribution in [0, 0.1) is 17.8 Å². The molecule has 4 rings (SSSR count). The summed E-state index contributed by atoms with van der Waals surface area (Å²) in [7, 11) is 0. The maximum atomic E-state index is 5.64. The number of halogens is 2. The summed E-state index contributed by atoms with van der Waals surface area (Å²) in [5, 5.41) is 0. The van der Waals surface area contributed by atoms with Gasteiger partial charge in [0.15, 0.2) is 0 Å². The molecule has 0 bridgehead atoms. The Bertz CT molecular complexity index is 846. The molecule has 0 saturated heterocycles. The summed E-state index contributed by atoms with van der Waals surface area (Å²) < 4.78 is 0. The Hall–Kier alpha value is -1.06. The molecule has 1 atom stereocenters. The van der Waals surface area contributed by atoms with Crippen molar-refractivity contribution in [2.75, 3.05) is 0 Å². The number of rotatable bonds is 4. The smallest absolute Gasteiger partial charge is 0.0193 e. The zero-order chi connectivity index (χ0) is 16.6. The molecule has 0 heterocycles. The predicted octanol–water partition coefficient (Wildman–Crippen LogP) is 6.95. The average Bonchev–Trinajstić information content (AvgIpc) is 3.26. The van der Waals surface area contributed by atoms with Gasteiger partial charge in [0.2, 0.25) is 0 Å². The Kier molecular flexibility index (Phi) is 8.82. The summed E-state index contributed by atoms with van der Waals surface area (Å²) in [6, 6.07) is 17.8. The van der Waals surface area contributed by atoms with Crippen molar-refractivity contribution in [3.8, 4) is 23.5 Å². The monoisotopic (exact) mass is 472 g/mol. The first-order valence-corrected chi connectivity index (χ1v) is 8.73. The van der Waals surface area contributed by atoms with Crippen molar-refractivity contribution in [2.24, 2.45) is 5.41 Å². The van der Waals surface area contributed by atoms with Crippen LogP contribution in [-0.4, -0.2) is 0 Å². The van der Waals surface area contributed by atoms with Gasteiger partial charge in [0.25, 0.3) is 0 Å². The Morgan fingerprint density at radius 3 is 2.04 bits per heavy atom. The molecule has 1 unspecified atom stereocenters. The second-order valence-electron chi connectivity index (χ2n) is 7.05. The van der Waals surface area contributed by atoms with Crippen molar-refractivity contribution in [1.29, 1.82) is 0 Å². The van der Waals surface area contributed by atoms with Gasteiger partial charge in [0.1, 0.15) is 0 Å². The van der Waals surface area contributed by atoms with Crippen LogP contribution in [0.2, 0.25) is 0 Å². The zero-order valence-electron chi connectivity index (χ0n) is 15.4. The molecule has 2 aliphatic rings. The molecular formula is C24H24Cl2Zr. The van der Waals surface area contributed by atoms with E-state index >= 15 is 0 Å². The Balaban J connectivity index is 0.00000121. The third kappa shape index (κ3) is 4.05. The molecule has 3 heteroatoms. The molecule has 0 nitrogen and oxygen atoms in total.